The van der Waals surface area contributed by atoms with Gasteiger partial charge in [-0.1, -0.05) is 18.5 Å². The number of rotatable bonds is 4. The van der Waals surface area contributed by atoms with Crippen LogP contribution >= 0.6 is 0 Å². The first-order valence-corrected chi connectivity index (χ1v) is 6.45. The van der Waals surface area contributed by atoms with E-state index in [4.69, 9.17) is 4.52 Å². The summed E-state index contributed by atoms with van der Waals surface area (Å²) in [6.45, 7) is 6.07. The zero-order chi connectivity index (χ0) is 12.3. The lowest BCUT2D eigenvalue weighted by Crippen LogP contribution is -2.40. The van der Waals surface area contributed by atoms with Crippen LogP contribution in [0.2, 0.25) is 0 Å². The van der Waals surface area contributed by atoms with Crippen LogP contribution in [-0.4, -0.2) is 39.3 Å². The number of piperidine rings is 1. The quantitative estimate of drug-likeness (QED) is 0.863. The average molecular weight is 239 g/mol. The van der Waals surface area contributed by atoms with Gasteiger partial charge in [-0.15, -0.1) is 0 Å². The van der Waals surface area contributed by atoms with Gasteiger partial charge in [0, 0.05) is 12.5 Å². The van der Waals surface area contributed by atoms with Gasteiger partial charge in [0.05, 0.1) is 0 Å². The lowest BCUT2D eigenvalue weighted by atomic mass is 9.99. The van der Waals surface area contributed by atoms with Crippen molar-refractivity contribution in [3.05, 3.63) is 11.7 Å². The fourth-order valence-electron chi connectivity index (χ4n) is 2.43. The van der Waals surface area contributed by atoms with Crippen molar-refractivity contribution in [1.29, 1.82) is 0 Å². The SMILES string of the molecule is CCN1CCCCC1Cc1nc(C(C)O)no1. The Morgan fingerprint density at radius 2 is 2.35 bits per heavy atom. The lowest BCUT2D eigenvalue weighted by Gasteiger charge is -2.33. The Morgan fingerprint density at radius 1 is 1.53 bits per heavy atom. The van der Waals surface area contributed by atoms with E-state index in [9.17, 15) is 5.11 Å². The van der Waals surface area contributed by atoms with Crippen LogP contribution < -0.4 is 0 Å². The number of aromatic nitrogens is 2. The third-order valence-electron chi connectivity index (χ3n) is 3.42. The molecule has 2 rings (SSSR count). The zero-order valence-corrected chi connectivity index (χ0v) is 10.6. The first-order valence-electron chi connectivity index (χ1n) is 6.45. The number of hydrogen-bond acceptors (Lipinski definition) is 5. The van der Waals surface area contributed by atoms with Crippen molar-refractivity contribution in [1.82, 2.24) is 15.0 Å². The molecule has 0 radical (unpaired) electrons. The van der Waals surface area contributed by atoms with Crippen LogP contribution in [0.1, 0.15) is 50.9 Å². The Bertz CT molecular complexity index is 351. The molecule has 17 heavy (non-hydrogen) atoms. The molecule has 0 spiro atoms. The molecule has 0 aliphatic carbocycles. The highest BCUT2D eigenvalue weighted by Crippen LogP contribution is 2.20. The molecule has 5 nitrogen and oxygen atoms in total. The fraction of sp³-hybridized carbons (Fsp3) is 0.833. The second-order valence-electron chi connectivity index (χ2n) is 4.70. The Morgan fingerprint density at radius 3 is 3.00 bits per heavy atom. The topological polar surface area (TPSA) is 62.4 Å². The molecule has 96 valence electrons. The highest BCUT2D eigenvalue weighted by Gasteiger charge is 2.23. The molecule has 1 fully saturated rings. The van der Waals surface area contributed by atoms with E-state index in [0.717, 1.165) is 13.0 Å². The number of likely N-dealkylation sites (N-methyl/N-ethyl adjacent to an activating group) is 1. The molecule has 0 bridgehead atoms. The molecule has 5 heteroatoms. The normalized spacial score (nSPS) is 23.8. The standard InChI is InChI=1S/C12H21N3O2/c1-3-15-7-5-4-6-10(15)8-11-13-12(9(2)16)14-17-11/h9-10,16H,3-8H2,1-2H3. The minimum Gasteiger partial charge on any atom is -0.385 e. The van der Waals surface area contributed by atoms with E-state index in [1.54, 1.807) is 6.92 Å². The zero-order valence-electron chi connectivity index (χ0n) is 10.6. The maximum atomic E-state index is 9.35. The minimum atomic E-state index is -0.652. The number of aliphatic hydroxyl groups is 1. The van der Waals surface area contributed by atoms with Gasteiger partial charge in [-0.05, 0) is 32.9 Å². The molecule has 0 aromatic carbocycles. The van der Waals surface area contributed by atoms with Crippen LogP contribution in [0.4, 0.5) is 0 Å². The molecular weight excluding hydrogens is 218 g/mol. The van der Waals surface area contributed by atoms with E-state index < -0.39 is 6.10 Å². The van der Waals surface area contributed by atoms with Crippen molar-refractivity contribution >= 4 is 0 Å². The van der Waals surface area contributed by atoms with Gasteiger partial charge in [-0.3, -0.25) is 0 Å². The van der Waals surface area contributed by atoms with Crippen molar-refractivity contribution in [2.75, 3.05) is 13.1 Å². The van der Waals surface area contributed by atoms with E-state index in [0.29, 0.717) is 17.8 Å². The minimum absolute atomic E-state index is 0.388. The van der Waals surface area contributed by atoms with Crippen molar-refractivity contribution in [3.63, 3.8) is 0 Å². The summed E-state index contributed by atoms with van der Waals surface area (Å²) in [5, 5.41) is 13.1. The van der Waals surface area contributed by atoms with Crippen LogP contribution in [0, 0.1) is 0 Å². The third-order valence-corrected chi connectivity index (χ3v) is 3.42. The predicted molar refractivity (Wildman–Crippen MR) is 63.5 cm³/mol. The molecule has 1 aliphatic rings. The lowest BCUT2D eigenvalue weighted by molar-refractivity contribution is 0.146. The molecule has 1 aliphatic heterocycles. The molecule has 2 unspecified atom stereocenters. The van der Waals surface area contributed by atoms with Crippen LogP contribution in [0.3, 0.4) is 0 Å². The first-order chi connectivity index (χ1) is 8.20. The summed E-state index contributed by atoms with van der Waals surface area (Å²) in [6, 6.07) is 0.510. The van der Waals surface area contributed by atoms with Crippen LogP contribution in [-0.2, 0) is 6.42 Å². The Kier molecular flexibility index (Phi) is 4.12. The molecule has 0 amide bonds. The number of nitrogens with zero attached hydrogens (tertiary/aromatic N) is 3. The number of hydrogen-bond donors (Lipinski definition) is 1. The van der Waals surface area contributed by atoms with Crippen molar-refractivity contribution in [2.45, 2.75) is 51.7 Å². The largest absolute Gasteiger partial charge is 0.385 e. The van der Waals surface area contributed by atoms with Crippen molar-refractivity contribution in [3.8, 4) is 0 Å². The Labute approximate surface area is 102 Å². The van der Waals surface area contributed by atoms with Gasteiger partial charge < -0.3 is 14.5 Å². The third kappa shape index (κ3) is 3.04. The molecule has 2 heterocycles. The Balaban J connectivity index is 1.98. The first kappa shape index (κ1) is 12.5. The molecular formula is C12H21N3O2. The van der Waals surface area contributed by atoms with Crippen LogP contribution in [0.5, 0.6) is 0 Å². The average Bonchev–Trinajstić information content (AvgIpc) is 2.78. The summed E-state index contributed by atoms with van der Waals surface area (Å²) in [7, 11) is 0. The van der Waals surface area contributed by atoms with Crippen molar-refractivity contribution < 1.29 is 9.63 Å². The monoisotopic (exact) mass is 239 g/mol. The maximum Gasteiger partial charge on any atom is 0.228 e. The second kappa shape index (κ2) is 5.60. The fourth-order valence-corrected chi connectivity index (χ4v) is 2.43. The van der Waals surface area contributed by atoms with Gasteiger partial charge in [-0.2, -0.15) is 4.98 Å². The molecule has 1 aromatic rings. The van der Waals surface area contributed by atoms with E-state index >= 15 is 0 Å². The van der Waals surface area contributed by atoms with Gasteiger partial charge >= 0.3 is 0 Å². The van der Waals surface area contributed by atoms with Gasteiger partial charge in [0.25, 0.3) is 0 Å². The van der Waals surface area contributed by atoms with E-state index in [1.165, 1.54) is 25.8 Å². The highest BCUT2D eigenvalue weighted by molar-refractivity contribution is 4.93. The number of aliphatic hydroxyl groups excluding tert-OH is 1. The van der Waals surface area contributed by atoms with E-state index in [1.807, 2.05) is 0 Å². The van der Waals surface area contributed by atoms with Gasteiger partial charge in [0.15, 0.2) is 5.82 Å². The van der Waals surface area contributed by atoms with E-state index in [2.05, 4.69) is 22.0 Å². The van der Waals surface area contributed by atoms with Gasteiger partial charge in [0.2, 0.25) is 5.89 Å². The van der Waals surface area contributed by atoms with Gasteiger partial charge in [-0.25, -0.2) is 0 Å². The summed E-state index contributed by atoms with van der Waals surface area (Å²) in [4.78, 5) is 6.69. The summed E-state index contributed by atoms with van der Waals surface area (Å²) >= 11 is 0. The summed E-state index contributed by atoms with van der Waals surface area (Å²) in [5.41, 5.74) is 0. The predicted octanol–water partition coefficient (Wildman–Crippen LogP) is 1.54. The van der Waals surface area contributed by atoms with Crippen LogP contribution in [0.15, 0.2) is 4.52 Å². The maximum absolute atomic E-state index is 9.35. The van der Waals surface area contributed by atoms with Crippen LogP contribution in [0.25, 0.3) is 0 Å². The summed E-state index contributed by atoms with van der Waals surface area (Å²) in [5.74, 6) is 1.03. The molecule has 0 saturated carbocycles. The molecule has 1 aromatic heterocycles. The molecule has 2 atom stereocenters. The summed E-state index contributed by atoms with van der Waals surface area (Å²) in [6.07, 6.45) is 3.90. The molecule has 1 saturated heterocycles. The van der Waals surface area contributed by atoms with E-state index in [-0.39, 0.29) is 0 Å². The summed E-state index contributed by atoms with van der Waals surface area (Å²) < 4.78 is 5.17. The number of likely N-dealkylation sites (tertiary alicyclic amines) is 1. The second-order valence-corrected chi connectivity index (χ2v) is 4.70. The molecule has 1 N–H and O–H groups in total. The van der Waals surface area contributed by atoms with Crippen molar-refractivity contribution in [2.24, 2.45) is 0 Å². The van der Waals surface area contributed by atoms with Gasteiger partial charge in [0.1, 0.15) is 6.10 Å². The smallest absolute Gasteiger partial charge is 0.228 e. The Hall–Kier alpha value is -0.940. The highest BCUT2D eigenvalue weighted by atomic mass is 16.5.